The van der Waals surface area contributed by atoms with E-state index in [9.17, 15) is 0 Å². The normalized spacial score (nSPS) is 15.5. The summed E-state index contributed by atoms with van der Waals surface area (Å²) in [7, 11) is 8.69. The van der Waals surface area contributed by atoms with Crippen LogP contribution in [0, 0.1) is 0 Å². The van der Waals surface area contributed by atoms with Crippen molar-refractivity contribution in [3.63, 3.8) is 0 Å². The molecule has 0 radical (unpaired) electrons. The van der Waals surface area contributed by atoms with Crippen LogP contribution in [-0.4, -0.2) is 71.8 Å². The van der Waals surface area contributed by atoms with Gasteiger partial charge in [-0.15, -0.1) is 0 Å². The Bertz CT molecular complexity index is 273. The van der Waals surface area contributed by atoms with E-state index in [1.54, 1.807) is 42.7 Å². The molecule has 0 saturated carbocycles. The van der Waals surface area contributed by atoms with Gasteiger partial charge in [-0.3, -0.25) is 0 Å². The minimum absolute atomic E-state index is 0.278. The molecule has 0 amide bonds. The standard InChI is InChI=1S/C14H34O6S2Si2/c1-13(23(15-3,16-4)17-5)9-11-21-22-12-10-14(2)24(18-6,19-7)20-8/h13-14H,9-12H2,1-8H3. The van der Waals surface area contributed by atoms with Gasteiger partial charge in [-0.25, -0.2) is 0 Å². The molecule has 24 heavy (non-hydrogen) atoms. The molecule has 2 atom stereocenters. The minimum Gasteiger partial charge on any atom is -0.377 e. The fraction of sp³-hybridized carbons (Fsp3) is 1.00. The molecule has 2 unspecified atom stereocenters. The van der Waals surface area contributed by atoms with Crippen LogP contribution in [0.1, 0.15) is 26.7 Å². The molecule has 0 bridgehead atoms. The average molecular weight is 419 g/mol. The zero-order valence-corrected chi connectivity index (χ0v) is 19.9. The van der Waals surface area contributed by atoms with Crippen LogP contribution in [0.15, 0.2) is 0 Å². The van der Waals surface area contributed by atoms with E-state index in [1.165, 1.54) is 0 Å². The highest BCUT2D eigenvalue weighted by molar-refractivity contribution is 8.76. The summed E-state index contributed by atoms with van der Waals surface area (Å²) < 4.78 is 33.1. The molecule has 0 aliphatic rings. The maximum absolute atomic E-state index is 5.52. The third-order valence-corrected chi connectivity index (χ3v) is 13.1. The van der Waals surface area contributed by atoms with Gasteiger partial charge in [0.1, 0.15) is 0 Å². The molecule has 0 fully saturated rings. The van der Waals surface area contributed by atoms with Gasteiger partial charge in [-0.05, 0) is 12.8 Å². The van der Waals surface area contributed by atoms with Crippen molar-refractivity contribution in [2.24, 2.45) is 0 Å². The van der Waals surface area contributed by atoms with Crippen LogP contribution < -0.4 is 0 Å². The summed E-state index contributed by atoms with van der Waals surface area (Å²) in [5.74, 6) is 2.07. The Labute approximate surface area is 157 Å². The van der Waals surface area contributed by atoms with Crippen molar-refractivity contribution in [2.75, 3.05) is 54.2 Å². The Balaban J connectivity index is 4.07. The van der Waals surface area contributed by atoms with Crippen LogP contribution in [0.5, 0.6) is 0 Å². The topological polar surface area (TPSA) is 55.4 Å². The lowest BCUT2D eigenvalue weighted by atomic mass is 10.4. The lowest BCUT2D eigenvalue weighted by Crippen LogP contribution is -2.47. The van der Waals surface area contributed by atoms with Crippen molar-refractivity contribution in [3.8, 4) is 0 Å². The van der Waals surface area contributed by atoms with Crippen LogP contribution in [0.2, 0.25) is 11.1 Å². The third kappa shape index (κ3) is 6.90. The van der Waals surface area contributed by atoms with Gasteiger partial charge in [-0.1, -0.05) is 35.4 Å². The van der Waals surface area contributed by atoms with E-state index in [0.717, 1.165) is 24.3 Å². The number of hydrogen-bond acceptors (Lipinski definition) is 8. The Morgan fingerprint density at radius 2 is 0.833 bits per heavy atom. The first kappa shape index (κ1) is 24.9. The fourth-order valence-corrected chi connectivity index (χ4v) is 9.88. The summed E-state index contributed by atoms with van der Waals surface area (Å²) >= 11 is 0. The first-order chi connectivity index (χ1) is 11.4. The molecular formula is C14H34O6S2Si2. The quantitative estimate of drug-likeness (QED) is 0.227. The van der Waals surface area contributed by atoms with Crippen LogP contribution in [0.3, 0.4) is 0 Å². The molecule has 0 aromatic rings. The van der Waals surface area contributed by atoms with Crippen molar-refractivity contribution < 1.29 is 26.6 Å². The van der Waals surface area contributed by atoms with Gasteiger partial charge in [0, 0.05) is 65.2 Å². The maximum atomic E-state index is 5.52. The van der Waals surface area contributed by atoms with Crippen molar-refractivity contribution >= 4 is 39.2 Å². The Hall–Kier alpha value is 0.894. The first-order valence-electron chi connectivity index (χ1n) is 7.97. The molecule has 6 nitrogen and oxygen atoms in total. The van der Waals surface area contributed by atoms with Crippen molar-refractivity contribution in [1.82, 2.24) is 0 Å². The molecule has 0 aromatic carbocycles. The minimum atomic E-state index is -2.51. The van der Waals surface area contributed by atoms with Crippen LogP contribution in [0.25, 0.3) is 0 Å². The van der Waals surface area contributed by atoms with E-state index in [4.69, 9.17) is 26.6 Å². The van der Waals surface area contributed by atoms with Crippen LogP contribution in [-0.2, 0) is 26.6 Å². The molecular weight excluding hydrogens is 384 g/mol. The van der Waals surface area contributed by atoms with Crippen LogP contribution >= 0.6 is 21.6 Å². The predicted octanol–water partition coefficient (Wildman–Crippen LogP) is 3.68. The fourth-order valence-electron chi connectivity index (χ4n) is 2.63. The molecule has 10 heteroatoms. The van der Waals surface area contributed by atoms with Crippen LogP contribution in [0.4, 0.5) is 0 Å². The zero-order valence-electron chi connectivity index (χ0n) is 16.2. The van der Waals surface area contributed by atoms with Gasteiger partial charge in [0.25, 0.3) is 0 Å². The van der Waals surface area contributed by atoms with E-state index in [-0.39, 0.29) is 11.1 Å². The van der Waals surface area contributed by atoms with Gasteiger partial charge >= 0.3 is 17.6 Å². The van der Waals surface area contributed by atoms with Crippen molar-refractivity contribution in [2.45, 2.75) is 37.8 Å². The summed E-state index contributed by atoms with van der Waals surface area (Å²) in [5, 5.41) is 0. The molecule has 0 aliphatic heterocycles. The smallest absolute Gasteiger partial charge is 0.377 e. The predicted molar refractivity (Wildman–Crippen MR) is 107 cm³/mol. The van der Waals surface area contributed by atoms with E-state index in [0.29, 0.717) is 0 Å². The summed E-state index contributed by atoms with van der Waals surface area (Å²) in [4.78, 5) is 0. The SMILES string of the molecule is CO[Si](OC)(OC)C(C)CCSSCCC(C)[Si](OC)(OC)OC. The highest BCUT2D eigenvalue weighted by Gasteiger charge is 2.45. The second-order valence-electron chi connectivity index (χ2n) is 5.46. The second kappa shape index (κ2) is 13.1. The summed E-state index contributed by atoms with van der Waals surface area (Å²) in [6.45, 7) is 4.26. The van der Waals surface area contributed by atoms with E-state index in [2.05, 4.69) is 13.8 Å². The highest BCUT2D eigenvalue weighted by atomic mass is 33.1. The molecule has 0 rings (SSSR count). The molecule has 0 heterocycles. The lowest BCUT2D eigenvalue weighted by Gasteiger charge is -2.30. The molecule has 0 aliphatic carbocycles. The summed E-state index contributed by atoms with van der Waals surface area (Å²) in [6.07, 6.45) is 2.00. The molecule has 146 valence electrons. The molecule has 0 aromatic heterocycles. The van der Waals surface area contributed by atoms with Crippen molar-refractivity contribution in [3.05, 3.63) is 0 Å². The van der Waals surface area contributed by atoms with Gasteiger partial charge in [0.05, 0.1) is 0 Å². The zero-order chi connectivity index (χ0) is 18.6. The molecule has 0 saturated heterocycles. The lowest BCUT2D eigenvalue weighted by molar-refractivity contribution is 0.112. The number of hydrogen-bond donors (Lipinski definition) is 0. The third-order valence-electron chi connectivity index (χ3n) is 4.27. The summed E-state index contributed by atoms with van der Waals surface area (Å²) in [6, 6.07) is 0. The van der Waals surface area contributed by atoms with Gasteiger partial charge in [0.2, 0.25) is 0 Å². The largest absolute Gasteiger partial charge is 0.503 e. The van der Waals surface area contributed by atoms with Crippen molar-refractivity contribution in [1.29, 1.82) is 0 Å². The monoisotopic (exact) mass is 418 g/mol. The van der Waals surface area contributed by atoms with E-state index in [1.807, 2.05) is 21.6 Å². The van der Waals surface area contributed by atoms with Gasteiger partial charge in [-0.2, -0.15) is 0 Å². The first-order valence-corrected chi connectivity index (χ1v) is 14.1. The number of rotatable bonds is 15. The highest BCUT2D eigenvalue weighted by Crippen LogP contribution is 2.34. The second-order valence-corrected chi connectivity index (χ2v) is 15.0. The van der Waals surface area contributed by atoms with E-state index < -0.39 is 17.6 Å². The van der Waals surface area contributed by atoms with Gasteiger partial charge < -0.3 is 26.6 Å². The average Bonchev–Trinajstić information content (AvgIpc) is 2.62. The molecule has 0 N–H and O–H groups in total. The van der Waals surface area contributed by atoms with E-state index >= 15 is 0 Å². The molecule has 0 spiro atoms. The maximum Gasteiger partial charge on any atom is 0.503 e. The summed E-state index contributed by atoms with van der Waals surface area (Å²) in [5.41, 5.74) is 0.556. The Morgan fingerprint density at radius 3 is 1.04 bits per heavy atom. The Morgan fingerprint density at radius 1 is 0.583 bits per heavy atom. The Kier molecular flexibility index (Phi) is 13.6. The van der Waals surface area contributed by atoms with Gasteiger partial charge in [0.15, 0.2) is 0 Å².